The van der Waals surface area contributed by atoms with Crippen LogP contribution in [0.5, 0.6) is 0 Å². The lowest BCUT2D eigenvalue weighted by Gasteiger charge is -2.34. The minimum absolute atomic E-state index is 0.0463. The Balaban J connectivity index is 1.71. The summed E-state index contributed by atoms with van der Waals surface area (Å²) in [6.07, 6.45) is 5.52. The molecule has 0 bridgehead atoms. The second-order valence-corrected chi connectivity index (χ2v) is 6.01. The summed E-state index contributed by atoms with van der Waals surface area (Å²) >= 11 is 0. The van der Waals surface area contributed by atoms with Crippen molar-refractivity contribution in [2.75, 3.05) is 32.8 Å². The third kappa shape index (κ3) is 4.94. The Kier molecular flexibility index (Phi) is 6.85. The molecule has 2 N–H and O–H groups in total. The number of nitrogens with one attached hydrogen (secondary N) is 1. The molecule has 0 unspecified atom stereocenters. The van der Waals surface area contributed by atoms with Crippen LogP contribution in [0.15, 0.2) is 12.4 Å². The number of aliphatic hydroxyl groups excluding tert-OH is 1. The van der Waals surface area contributed by atoms with Gasteiger partial charge in [0.05, 0.1) is 6.61 Å². The van der Waals surface area contributed by atoms with Gasteiger partial charge in [-0.15, -0.1) is 0 Å². The van der Waals surface area contributed by atoms with Crippen molar-refractivity contribution in [3.05, 3.63) is 18.2 Å². The van der Waals surface area contributed by atoms with E-state index in [9.17, 15) is 9.90 Å². The average Bonchev–Trinajstić information content (AvgIpc) is 3.00. The third-order valence-electron chi connectivity index (χ3n) is 4.27. The smallest absolute Gasteiger partial charge is 0.317 e. The van der Waals surface area contributed by atoms with E-state index in [-0.39, 0.29) is 11.9 Å². The Hall–Kier alpha value is -1.60. The molecule has 0 aliphatic carbocycles. The first-order chi connectivity index (χ1) is 11.1. The van der Waals surface area contributed by atoms with Crippen LogP contribution < -0.4 is 5.32 Å². The molecule has 0 aromatic carbocycles. The van der Waals surface area contributed by atoms with E-state index in [2.05, 4.69) is 17.2 Å². The molecule has 0 spiro atoms. The monoisotopic (exact) mass is 324 g/mol. The number of likely N-dealkylation sites (tertiary alicyclic amines) is 1. The van der Waals surface area contributed by atoms with Crippen LogP contribution in [0.2, 0.25) is 0 Å². The number of urea groups is 1. The number of imidazole rings is 1. The standard InChI is InChI=1S/C16H28N4O3/c1-3-11-23-12-7-18-16(22)20-8-4-13(5-9-20)14(21)15-17-6-10-19(15)2/h6,10,13-14,21H,3-5,7-9,11-12H2,1-2H3,(H,18,22)/t14-/m0/s1. The molecule has 2 rings (SSSR count). The summed E-state index contributed by atoms with van der Waals surface area (Å²) in [7, 11) is 1.88. The van der Waals surface area contributed by atoms with Crippen molar-refractivity contribution in [3.63, 3.8) is 0 Å². The Labute approximate surface area is 137 Å². The van der Waals surface area contributed by atoms with Gasteiger partial charge in [-0.1, -0.05) is 6.92 Å². The summed E-state index contributed by atoms with van der Waals surface area (Å²) in [6, 6.07) is -0.0463. The molecule has 1 aliphatic rings. The highest BCUT2D eigenvalue weighted by molar-refractivity contribution is 5.74. The third-order valence-corrected chi connectivity index (χ3v) is 4.27. The summed E-state index contributed by atoms with van der Waals surface area (Å²) in [6.45, 7) is 5.19. The molecule has 1 aromatic heterocycles. The zero-order valence-corrected chi connectivity index (χ0v) is 14.1. The molecular formula is C16H28N4O3. The molecule has 2 amide bonds. The van der Waals surface area contributed by atoms with Crippen LogP contribution in [0.25, 0.3) is 0 Å². The number of nitrogens with zero attached hydrogens (tertiary/aromatic N) is 3. The maximum absolute atomic E-state index is 12.1. The predicted molar refractivity (Wildman–Crippen MR) is 87.0 cm³/mol. The van der Waals surface area contributed by atoms with E-state index >= 15 is 0 Å². The number of carbonyl (C=O) groups is 1. The van der Waals surface area contributed by atoms with Crippen LogP contribution in [0.1, 0.15) is 38.1 Å². The summed E-state index contributed by atoms with van der Waals surface area (Å²) in [4.78, 5) is 18.1. The first-order valence-corrected chi connectivity index (χ1v) is 8.39. The largest absolute Gasteiger partial charge is 0.385 e. The average molecular weight is 324 g/mol. The summed E-state index contributed by atoms with van der Waals surface area (Å²) in [5.74, 6) is 0.842. The number of hydrogen-bond acceptors (Lipinski definition) is 4. The van der Waals surface area contributed by atoms with Crippen LogP contribution in [0, 0.1) is 5.92 Å². The Morgan fingerprint density at radius 3 is 2.83 bits per heavy atom. The highest BCUT2D eigenvalue weighted by Crippen LogP contribution is 2.29. The van der Waals surface area contributed by atoms with Crippen LogP contribution in [0.3, 0.4) is 0 Å². The van der Waals surface area contributed by atoms with Crippen LogP contribution in [-0.4, -0.2) is 58.4 Å². The second-order valence-electron chi connectivity index (χ2n) is 6.01. The number of rotatable bonds is 7. The minimum Gasteiger partial charge on any atom is -0.385 e. The molecular weight excluding hydrogens is 296 g/mol. The highest BCUT2D eigenvalue weighted by Gasteiger charge is 2.29. The molecule has 130 valence electrons. The van der Waals surface area contributed by atoms with E-state index in [0.29, 0.717) is 32.1 Å². The number of carbonyl (C=O) groups excluding carboxylic acids is 1. The van der Waals surface area contributed by atoms with E-state index in [0.717, 1.165) is 25.9 Å². The van der Waals surface area contributed by atoms with E-state index < -0.39 is 6.10 Å². The molecule has 1 saturated heterocycles. The molecule has 1 atom stereocenters. The van der Waals surface area contributed by atoms with Crippen LogP contribution >= 0.6 is 0 Å². The van der Waals surface area contributed by atoms with E-state index in [1.54, 1.807) is 6.20 Å². The van der Waals surface area contributed by atoms with Gasteiger partial charge in [0.2, 0.25) is 0 Å². The van der Waals surface area contributed by atoms with E-state index in [1.807, 2.05) is 22.7 Å². The van der Waals surface area contributed by atoms with Crippen molar-refractivity contribution in [2.45, 2.75) is 32.3 Å². The number of ether oxygens (including phenoxy) is 1. The lowest BCUT2D eigenvalue weighted by Crippen LogP contribution is -2.46. The van der Waals surface area contributed by atoms with Crippen LogP contribution in [0.4, 0.5) is 4.79 Å². The van der Waals surface area contributed by atoms with Gasteiger partial charge in [-0.3, -0.25) is 0 Å². The Morgan fingerprint density at radius 2 is 2.22 bits per heavy atom. The van der Waals surface area contributed by atoms with Crippen molar-refractivity contribution < 1.29 is 14.6 Å². The molecule has 1 aliphatic heterocycles. The van der Waals surface area contributed by atoms with Gasteiger partial charge in [-0.05, 0) is 25.2 Å². The van der Waals surface area contributed by atoms with Crippen molar-refractivity contribution in [1.29, 1.82) is 0 Å². The molecule has 1 aromatic rings. The van der Waals surface area contributed by atoms with Crippen molar-refractivity contribution >= 4 is 6.03 Å². The topological polar surface area (TPSA) is 79.6 Å². The first kappa shape index (κ1) is 17.7. The summed E-state index contributed by atoms with van der Waals surface area (Å²) in [5.41, 5.74) is 0. The quantitative estimate of drug-likeness (QED) is 0.741. The van der Waals surface area contributed by atoms with Gasteiger partial charge in [0.15, 0.2) is 0 Å². The molecule has 23 heavy (non-hydrogen) atoms. The second kappa shape index (κ2) is 8.88. The summed E-state index contributed by atoms with van der Waals surface area (Å²) < 4.78 is 7.19. The van der Waals surface area contributed by atoms with Gasteiger partial charge >= 0.3 is 6.03 Å². The van der Waals surface area contributed by atoms with Crippen LogP contribution in [-0.2, 0) is 11.8 Å². The zero-order valence-electron chi connectivity index (χ0n) is 14.1. The lowest BCUT2D eigenvalue weighted by atomic mass is 9.91. The highest BCUT2D eigenvalue weighted by atomic mass is 16.5. The molecule has 2 heterocycles. The van der Waals surface area contributed by atoms with Crippen molar-refractivity contribution in [2.24, 2.45) is 13.0 Å². The van der Waals surface area contributed by atoms with Gasteiger partial charge in [0.1, 0.15) is 11.9 Å². The fourth-order valence-electron chi connectivity index (χ4n) is 2.88. The molecule has 0 radical (unpaired) electrons. The maximum atomic E-state index is 12.1. The predicted octanol–water partition coefficient (Wildman–Crippen LogP) is 1.30. The van der Waals surface area contributed by atoms with E-state index in [4.69, 9.17) is 4.74 Å². The lowest BCUT2D eigenvalue weighted by molar-refractivity contribution is 0.0580. The molecule has 7 heteroatoms. The Morgan fingerprint density at radius 1 is 1.48 bits per heavy atom. The fraction of sp³-hybridized carbons (Fsp3) is 0.750. The maximum Gasteiger partial charge on any atom is 0.317 e. The number of aliphatic hydroxyl groups is 1. The summed E-state index contributed by atoms with van der Waals surface area (Å²) in [5, 5.41) is 13.3. The van der Waals surface area contributed by atoms with E-state index in [1.165, 1.54) is 0 Å². The SMILES string of the molecule is CCCOCCNC(=O)N1CCC([C@H](O)c2nccn2C)CC1. The van der Waals surface area contributed by atoms with Crippen molar-refractivity contribution in [3.8, 4) is 0 Å². The number of amides is 2. The number of aryl methyl sites for hydroxylation is 1. The fourth-order valence-corrected chi connectivity index (χ4v) is 2.88. The van der Waals surface area contributed by atoms with Gasteiger partial charge < -0.3 is 24.6 Å². The number of aromatic nitrogens is 2. The first-order valence-electron chi connectivity index (χ1n) is 8.39. The van der Waals surface area contributed by atoms with Gasteiger partial charge in [-0.2, -0.15) is 0 Å². The molecule has 1 fully saturated rings. The minimum atomic E-state index is -0.567. The molecule has 0 saturated carbocycles. The van der Waals surface area contributed by atoms with Gasteiger partial charge in [-0.25, -0.2) is 9.78 Å². The van der Waals surface area contributed by atoms with Gasteiger partial charge in [0.25, 0.3) is 0 Å². The molecule has 7 nitrogen and oxygen atoms in total. The normalized spacial score (nSPS) is 17.3. The number of piperidine rings is 1. The zero-order chi connectivity index (χ0) is 16.7. The Bertz CT molecular complexity index is 483. The number of hydrogen-bond donors (Lipinski definition) is 2. The van der Waals surface area contributed by atoms with Crippen molar-refractivity contribution in [1.82, 2.24) is 19.8 Å². The van der Waals surface area contributed by atoms with Gasteiger partial charge in [0, 0.05) is 45.7 Å².